The lowest BCUT2D eigenvalue weighted by atomic mass is 9.89. The summed E-state index contributed by atoms with van der Waals surface area (Å²) < 4.78 is 0. The zero-order chi connectivity index (χ0) is 16.2. The fraction of sp³-hybridized carbons (Fsp3) is 0.529. The Morgan fingerprint density at radius 2 is 1.77 bits per heavy atom. The molecule has 1 saturated heterocycles. The van der Waals surface area contributed by atoms with Crippen LogP contribution in [0.2, 0.25) is 0 Å². The minimum Gasteiger partial charge on any atom is -0.326 e. The second kappa shape index (κ2) is 6.92. The van der Waals surface area contributed by atoms with Crippen LogP contribution in [0.5, 0.6) is 0 Å². The number of hydrogen-bond acceptors (Lipinski definition) is 3. The normalized spacial score (nSPS) is 20.9. The maximum Gasteiger partial charge on any atom is 0.231 e. The van der Waals surface area contributed by atoms with E-state index in [9.17, 15) is 9.59 Å². The second-order valence-electron chi connectivity index (χ2n) is 6.67. The molecule has 1 aromatic rings. The summed E-state index contributed by atoms with van der Waals surface area (Å²) in [5.74, 6) is 0.379. The third-order valence-corrected chi connectivity index (χ3v) is 3.94. The predicted octanol–water partition coefficient (Wildman–Crippen LogP) is 2.61. The zero-order valence-electron chi connectivity index (χ0n) is 13.5. The maximum absolute atomic E-state index is 12.3. The summed E-state index contributed by atoms with van der Waals surface area (Å²) in [7, 11) is 0. The van der Waals surface area contributed by atoms with Crippen LogP contribution >= 0.6 is 0 Å². The van der Waals surface area contributed by atoms with Crippen molar-refractivity contribution in [3.8, 4) is 0 Å². The highest BCUT2D eigenvalue weighted by atomic mass is 16.2. The van der Waals surface area contributed by atoms with Gasteiger partial charge in [0, 0.05) is 24.3 Å². The van der Waals surface area contributed by atoms with Gasteiger partial charge in [0.25, 0.3) is 0 Å². The number of nitrogens with one attached hydrogen (secondary N) is 3. The highest BCUT2D eigenvalue weighted by Crippen LogP contribution is 2.26. The monoisotopic (exact) mass is 303 g/mol. The third-order valence-electron chi connectivity index (χ3n) is 3.94. The molecule has 0 bridgehead atoms. The Balaban J connectivity index is 1.91. The summed E-state index contributed by atoms with van der Waals surface area (Å²) in [6.45, 7) is 7.59. The maximum atomic E-state index is 12.3. The van der Waals surface area contributed by atoms with Gasteiger partial charge in [0.2, 0.25) is 11.8 Å². The smallest absolute Gasteiger partial charge is 0.231 e. The second-order valence-corrected chi connectivity index (χ2v) is 6.67. The summed E-state index contributed by atoms with van der Waals surface area (Å²) in [6, 6.07) is 7.25. The van der Waals surface area contributed by atoms with Gasteiger partial charge in [-0.2, -0.15) is 0 Å². The van der Waals surface area contributed by atoms with Crippen LogP contribution in [0.1, 0.15) is 33.6 Å². The van der Waals surface area contributed by atoms with Crippen molar-refractivity contribution < 1.29 is 9.59 Å². The van der Waals surface area contributed by atoms with Crippen LogP contribution in [-0.2, 0) is 9.59 Å². The number of rotatable bonds is 5. The zero-order valence-corrected chi connectivity index (χ0v) is 13.5. The Morgan fingerprint density at radius 3 is 2.27 bits per heavy atom. The van der Waals surface area contributed by atoms with E-state index in [-0.39, 0.29) is 17.2 Å². The molecular weight excluding hydrogens is 278 g/mol. The van der Waals surface area contributed by atoms with E-state index in [4.69, 9.17) is 0 Å². The van der Waals surface area contributed by atoms with Gasteiger partial charge >= 0.3 is 0 Å². The Labute approximate surface area is 131 Å². The van der Waals surface area contributed by atoms with E-state index in [0.29, 0.717) is 18.9 Å². The Kier molecular flexibility index (Phi) is 5.19. The lowest BCUT2D eigenvalue weighted by Gasteiger charge is -2.21. The predicted molar refractivity (Wildman–Crippen MR) is 88.8 cm³/mol. The summed E-state index contributed by atoms with van der Waals surface area (Å²) >= 11 is 0. The van der Waals surface area contributed by atoms with Crippen molar-refractivity contribution in [2.75, 3.05) is 23.7 Å². The number of carbonyl (C=O) groups excluding carboxylic acids is 2. The summed E-state index contributed by atoms with van der Waals surface area (Å²) in [6.07, 6.45) is 1.35. The molecular formula is C17H25N3O2. The minimum absolute atomic E-state index is 0.0105. The fourth-order valence-electron chi connectivity index (χ4n) is 2.51. The van der Waals surface area contributed by atoms with Crippen LogP contribution in [-0.4, -0.2) is 24.9 Å². The molecule has 2 rings (SSSR count). The molecule has 0 aromatic heterocycles. The molecule has 0 saturated carbocycles. The number of amides is 2. The molecule has 1 aliphatic heterocycles. The molecule has 1 aromatic carbocycles. The molecule has 2 amide bonds. The molecule has 5 nitrogen and oxygen atoms in total. The first-order valence-corrected chi connectivity index (χ1v) is 7.81. The molecule has 120 valence electrons. The first kappa shape index (κ1) is 16.5. The standard InChI is InChI=1S/C17H25N3O2/c1-12(2)10-15(21)19-13-4-6-14(7-5-13)20-16(22)17(3)8-9-18-11-17/h4-7,12,18H,8-11H2,1-3H3,(H,19,21)(H,20,22). The summed E-state index contributed by atoms with van der Waals surface area (Å²) in [5.41, 5.74) is 1.15. The van der Waals surface area contributed by atoms with Crippen molar-refractivity contribution in [1.82, 2.24) is 5.32 Å². The van der Waals surface area contributed by atoms with Crippen molar-refractivity contribution in [1.29, 1.82) is 0 Å². The van der Waals surface area contributed by atoms with Gasteiger partial charge in [0.05, 0.1) is 5.41 Å². The lowest BCUT2D eigenvalue weighted by Crippen LogP contribution is -2.35. The average Bonchev–Trinajstić information content (AvgIpc) is 2.88. The van der Waals surface area contributed by atoms with Crippen molar-refractivity contribution in [2.24, 2.45) is 11.3 Å². The van der Waals surface area contributed by atoms with Gasteiger partial charge in [-0.05, 0) is 50.1 Å². The van der Waals surface area contributed by atoms with E-state index in [0.717, 1.165) is 24.3 Å². The molecule has 0 aliphatic carbocycles. The summed E-state index contributed by atoms with van der Waals surface area (Å²) in [5, 5.41) is 9.02. The number of anilines is 2. The average molecular weight is 303 g/mol. The third kappa shape index (κ3) is 4.31. The van der Waals surface area contributed by atoms with E-state index < -0.39 is 0 Å². The van der Waals surface area contributed by atoms with E-state index in [1.807, 2.05) is 45.0 Å². The molecule has 1 atom stereocenters. The molecule has 1 fully saturated rings. The Hall–Kier alpha value is -1.88. The van der Waals surface area contributed by atoms with E-state index >= 15 is 0 Å². The molecule has 22 heavy (non-hydrogen) atoms. The molecule has 1 heterocycles. The quantitative estimate of drug-likeness (QED) is 0.783. The highest BCUT2D eigenvalue weighted by molar-refractivity contribution is 5.96. The van der Waals surface area contributed by atoms with Crippen LogP contribution in [0.25, 0.3) is 0 Å². The van der Waals surface area contributed by atoms with Crippen LogP contribution in [0.3, 0.4) is 0 Å². The SMILES string of the molecule is CC(C)CC(=O)Nc1ccc(NC(=O)C2(C)CCNC2)cc1. The van der Waals surface area contributed by atoms with Crippen LogP contribution in [0.4, 0.5) is 11.4 Å². The lowest BCUT2D eigenvalue weighted by molar-refractivity contribution is -0.123. The van der Waals surface area contributed by atoms with E-state index in [1.165, 1.54) is 0 Å². The van der Waals surface area contributed by atoms with Crippen molar-refractivity contribution >= 4 is 23.2 Å². The van der Waals surface area contributed by atoms with Gasteiger partial charge in [0.15, 0.2) is 0 Å². The molecule has 1 aliphatic rings. The number of carbonyl (C=O) groups is 2. The van der Waals surface area contributed by atoms with E-state index in [1.54, 1.807) is 0 Å². The summed E-state index contributed by atoms with van der Waals surface area (Å²) in [4.78, 5) is 24.0. The highest BCUT2D eigenvalue weighted by Gasteiger charge is 2.36. The largest absolute Gasteiger partial charge is 0.326 e. The molecule has 1 unspecified atom stereocenters. The van der Waals surface area contributed by atoms with Gasteiger partial charge < -0.3 is 16.0 Å². The Morgan fingerprint density at radius 1 is 1.18 bits per heavy atom. The first-order chi connectivity index (χ1) is 10.4. The molecule has 0 spiro atoms. The Bertz CT molecular complexity index is 531. The van der Waals surface area contributed by atoms with Gasteiger partial charge in [0.1, 0.15) is 0 Å². The van der Waals surface area contributed by atoms with Crippen LogP contribution in [0.15, 0.2) is 24.3 Å². The van der Waals surface area contributed by atoms with Gasteiger partial charge in [-0.3, -0.25) is 9.59 Å². The van der Waals surface area contributed by atoms with Crippen molar-refractivity contribution in [2.45, 2.75) is 33.6 Å². The first-order valence-electron chi connectivity index (χ1n) is 7.81. The minimum atomic E-state index is -0.343. The van der Waals surface area contributed by atoms with Crippen LogP contribution in [0, 0.1) is 11.3 Å². The van der Waals surface area contributed by atoms with E-state index in [2.05, 4.69) is 16.0 Å². The topological polar surface area (TPSA) is 70.2 Å². The number of benzene rings is 1. The molecule has 5 heteroatoms. The van der Waals surface area contributed by atoms with Gasteiger partial charge in [-0.25, -0.2) is 0 Å². The van der Waals surface area contributed by atoms with Gasteiger partial charge in [-0.1, -0.05) is 13.8 Å². The number of hydrogen-bond donors (Lipinski definition) is 3. The van der Waals surface area contributed by atoms with Gasteiger partial charge in [-0.15, -0.1) is 0 Å². The fourth-order valence-corrected chi connectivity index (χ4v) is 2.51. The molecule has 0 radical (unpaired) electrons. The van der Waals surface area contributed by atoms with Crippen molar-refractivity contribution in [3.63, 3.8) is 0 Å². The van der Waals surface area contributed by atoms with Crippen molar-refractivity contribution in [3.05, 3.63) is 24.3 Å². The molecule has 3 N–H and O–H groups in total. The van der Waals surface area contributed by atoms with Crippen LogP contribution < -0.4 is 16.0 Å².